The highest BCUT2D eigenvalue weighted by Gasteiger charge is 2.37. The van der Waals surface area contributed by atoms with Crippen LogP contribution in [0, 0.1) is 0 Å². The predicted octanol–water partition coefficient (Wildman–Crippen LogP) is 5.11. The molecule has 0 radical (unpaired) electrons. The number of carboxylic acids is 1. The van der Waals surface area contributed by atoms with Crippen molar-refractivity contribution >= 4 is 40.1 Å². The summed E-state index contributed by atoms with van der Waals surface area (Å²) in [6, 6.07) is 8.07. The Labute approximate surface area is 149 Å². The van der Waals surface area contributed by atoms with Crippen LogP contribution in [-0.2, 0) is 12.7 Å². The number of alkyl halides is 3. The second-order valence-corrected chi connectivity index (χ2v) is 6.06. The normalized spacial score (nSPS) is 11.9. The highest BCUT2D eigenvalue weighted by atomic mass is 35.5. The molecule has 0 aliphatic heterocycles. The molecule has 2 aromatic carbocycles. The first-order valence-corrected chi connectivity index (χ1v) is 7.68. The van der Waals surface area contributed by atoms with E-state index in [-0.39, 0.29) is 33.1 Å². The van der Waals surface area contributed by atoms with E-state index < -0.39 is 17.8 Å². The Morgan fingerprint density at radius 2 is 1.80 bits per heavy atom. The SMILES string of the molecule is O=C(O)c1ccc2c(C(F)(F)F)nn(Cc3c(Cl)cccc3Cl)c2c1. The van der Waals surface area contributed by atoms with Crippen LogP contribution in [0.1, 0.15) is 21.6 Å². The summed E-state index contributed by atoms with van der Waals surface area (Å²) in [6.07, 6.45) is -4.68. The van der Waals surface area contributed by atoms with E-state index in [1.807, 2.05) is 0 Å². The molecule has 0 amide bonds. The van der Waals surface area contributed by atoms with Gasteiger partial charge in [0.25, 0.3) is 0 Å². The molecular weight excluding hydrogens is 380 g/mol. The van der Waals surface area contributed by atoms with Crippen LogP contribution in [-0.4, -0.2) is 20.9 Å². The molecule has 3 rings (SSSR count). The predicted molar refractivity (Wildman–Crippen MR) is 87.3 cm³/mol. The number of fused-ring (bicyclic) bond motifs is 1. The van der Waals surface area contributed by atoms with E-state index in [0.29, 0.717) is 5.56 Å². The fourth-order valence-corrected chi connectivity index (χ4v) is 2.99. The molecule has 25 heavy (non-hydrogen) atoms. The van der Waals surface area contributed by atoms with Crippen LogP contribution in [0.4, 0.5) is 13.2 Å². The van der Waals surface area contributed by atoms with Crippen LogP contribution in [0.5, 0.6) is 0 Å². The van der Waals surface area contributed by atoms with Crippen molar-refractivity contribution < 1.29 is 23.1 Å². The zero-order valence-electron chi connectivity index (χ0n) is 12.3. The summed E-state index contributed by atoms with van der Waals surface area (Å²) in [5.41, 5.74) is -0.817. The van der Waals surface area contributed by atoms with Crippen LogP contribution in [0.2, 0.25) is 10.0 Å². The summed E-state index contributed by atoms with van der Waals surface area (Å²) in [5, 5.41) is 13.1. The minimum absolute atomic E-state index is 0.0308. The summed E-state index contributed by atoms with van der Waals surface area (Å²) in [7, 11) is 0. The fraction of sp³-hybridized carbons (Fsp3) is 0.125. The van der Waals surface area contributed by atoms with Gasteiger partial charge >= 0.3 is 12.1 Å². The molecule has 0 saturated carbocycles. The second-order valence-electron chi connectivity index (χ2n) is 5.24. The van der Waals surface area contributed by atoms with E-state index in [1.54, 1.807) is 18.2 Å². The van der Waals surface area contributed by atoms with Crippen molar-refractivity contribution in [2.75, 3.05) is 0 Å². The smallest absolute Gasteiger partial charge is 0.435 e. The Kier molecular flexibility index (Phi) is 4.38. The highest BCUT2D eigenvalue weighted by Crippen LogP contribution is 2.35. The van der Waals surface area contributed by atoms with E-state index >= 15 is 0 Å². The van der Waals surface area contributed by atoms with E-state index in [9.17, 15) is 18.0 Å². The molecule has 0 unspecified atom stereocenters. The van der Waals surface area contributed by atoms with Crippen molar-refractivity contribution in [1.29, 1.82) is 0 Å². The zero-order chi connectivity index (χ0) is 18.4. The number of aromatic nitrogens is 2. The molecule has 1 aromatic heterocycles. The van der Waals surface area contributed by atoms with Gasteiger partial charge in [0.1, 0.15) is 0 Å². The first-order valence-electron chi connectivity index (χ1n) is 6.92. The quantitative estimate of drug-likeness (QED) is 0.678. The lowest BCUT2D eigenvalue weighted by atomic mass is 10.1. The fourth-order valence-electron chi connectivity index (χ4n) is 2.47. The molecule has 4 nitrogen and oxygen atoms in total. The third-order valence-electron chi connectivity index (χ3n) is 3.64. The van der Waals surface area contributed by atoms with Crippen LogP contribution < -0.4 is 0 Å². The van der Waals surface area contributed by atoms with Gasteiger partial charge in [-0.2, -0.15) is 18.3 Å². The van der Waals surface area contributed by atoms with Gasteiger partial charge in [-0.25, -0.2) is 4.79 Å². The Morgan fingerprint density at radius 1 is 1.16 bits per heavy atom. The first kappa shape index (κ1) is 17.6. The lowest BCUT2D eigenvalue weighted by Gasteiger charge is -2.08. The van der Waals surface area contributed by atoms with E-state index in [1.165, 1.54) is 0 Å². The first-order chi connectivity index (χ1) is 11.7. The minimum atomic E-state index is -4.68. The monoisotopic (exact) mass is 388 g/mol. The molecule has 1 heterocycles. The van der Waals surface area contributed by atoms with Gasteiger partial charge in [0.05, 0.1) is 17.6 Å². The van der Waals surface area contributed by atoms with Crippen LogP contribution in [0.25, 0.3) is 10.9 Å². The molecule has 0 fully saturated rings. The molecule has 130 valence electrons. The maximum absolute atomic E-state index is 13.2. The average Bonchev–Trinajstić information content (AvgIpc) is 2.89. The van der Waals surface area contributed by atoms with Gasteiger partial charge in [0.15, 0.2) is 5.69 Å². The number of nitrogens with zero attached hydrogens (tertiary/aromatic N) is 2. The van der Waals surface area contributed by atoms with Gasteiger partial charge in [-0.15, -0.1) is 0 Å². The van der Waals surface area contributed by atoms with Crippen LogP contribution in [0.15, 0.2) is 36.4 Å². The van der Waals surface area contributed by atoms with Crippen LogP contribution >= 0.6 is 23.2 Å². The van der Waals surface area contributed by atoms with Crippen molar-refractivity contribution in [1.82, 2.24) is 9.78 Å². The minimum Gasteiger partial charge on any atom is -0.478 e. The Morgan fingerprint density at radius 3 is 2.36 bits per heavy atom. The van der Waals surface area contributed by atoms with Gasteiger partial charge < -0.3 is 5.11 Å². The zero-order valence-corrected chi connectivity index (χ0v) is 13.8. The summed E-state index contributed by atoms with van der Waals surface area (Å²) in [5.74, 6) is -1.25. The maximum atomic E-state index is 13.2. The summed E-state index contributed by atoms with van der Waals surface area (Å²) >= 11 is 12.1. The number of rotatable bonds is 3. The molecule has 9 heteroatoms. The number of hydrogen-bond acceptors (Lipinski definition) is 2. The van der Waals surface area contributed by atoms with E-state index in [0.717, 1.165) is 22.9 Å². The standard InChI is InChI=1S/C16H9Cl2F3N2O2/c17-11-2-1-3-12(18)10(11)7-23-13-6-8(15(24)25)4-5-9(13)14(22-23)16(19,20)21/h1-6H,7H2,(H,24,25). The number of hydrogen-bond donors (Lipinski definition) is 1. The average molecular weight is 389 g/mol. The number of benzene rings is 2. The Hall–Kier alpha value is -2.25. The number of carbonyl (C=O) groups is 1. The van der Waals surface area contributed by atoms with Crippen molar-refractivity contribution in [3.05, 3.63) is 63.3 Å². The number of carboxylic acid groups (broad SMARTS) is 1. The Bertz CT molecular complexity index is 963. The van der Waals surface area contributed by atoms with Gasteiger partial charge in [0.2, 0.25) is 0 Å². The second kappa shape index (κ2) is 6.24. The molecule has 0 bridgehead atoms. The van der Waals surface area contributed by atoms with E-state index in [2.05, 4.69) is 5.10 Å². The molecule has 0 aliphatic rings. The largest absolute Gasteiger partial charge is 0.478 e. The molecule has 0 aliphatic carbocycles. The molecule has 1 N–H and O–H groups in total. The van der Waals surface area contributed by atoms with Gasteiger partial charge in [-0.05, 0) is 30.3 Å². The number of aromatic carboxylic acids is 1. The molecule has 0 saturated heterocycles. The third kappa shape index (κ3) is 3.29. The van der Waals surface area contributed by atoms with Crippen molar-refractivity contribution in [3.63, 3.8) is 0 Å². The van der Waals surface area contributed by atoms with Crippen molar-refractivity contribution in [3.8, 4) is 0 Å². The summed E-state index contributed by atoms with van der Waals surface area (Å²) in [4.78, 5) is 11.1. The molecule has 0 atom stereocenters. The number of halogens is 5. The lowest BCUT2D eigenvalue weighted by molar-refractivity contribution is -0.140. The van der Waals surface area contributed by atoms with Crippen LogP contribution in [0.3, 0.4) is 0 Å². The van der Waals surface area contributed by atoms with E-state index in [4.69, 9.17) is 28.3 Å². The Balaban J connectivity index is 2.23. The summed E-state index contributed by atoms with van der Waals surface area (Å²) in [6.45, 7) is -0.131. The van der Waals surface area contributed by atoms with Gasteiger partial charge in [0, 0.05) is 21.0 Å². The highest BCUT2D eigenvalue weighted by molar-refractivity contribution is 6.36. The third-order valence-corrected chi connectivity index (χ3v) is 4.34. The lowest BCUT2D eigenvalue weighted by Crippen LogP contribution is -2.09. The maximum Gasteiger partial charge on any atom is 0.435 e. The molecule has 3 aromatic rings. The van der Waals surface area contributed by atoms with Crippen molar-refractivity contribution in [2.24, 2.45) is 0 Å². The van der Waals surface area contributed by atoms with Gasteiger partial charge in [-0.1, -0.05) is 29.3 Å². The van der Waals surface area contributed by atoms with Gasteiger partial charge in [-0.3, -0.25) is 4.68 Å². The molecular formula is C16H9Cl2F3N2O2. The van der Waals surface area contributed by atoms with Crippen molar-refractivity contribution in [2.45, 2.75) is 12.7 Å². The summed E-state index contributed by atoms with van der Waals surface area (Å²) < 4.78 is 40.8. The molecule has 0 spiro atoms. The topological polar surface area (TPSA) is 55.1 Å².